The van der Waals surface area contributed by atoms with Crippen molar-refractivity contribution in [3.05, 3.63) is 24.3 Å². The second kappa shape index (κ2) is 6.40. The number of nitrogens with one attached hydrogen (secondary N) is 2. The molecule has 0 aromatic heterocycles. The number of ether oxygens (including phenoxy) is 1. The second-order valence-electron chi connectivity index (χ2n) is 4.45. The zero-order valence-electron chi connectivity index (χ0n) is 10.7. The van der Waals surface area contributed by atoms with E-state index in [1.165, 1.54) is 0 Å². The van der Waals surface area contributed by atoms with Gasteiger partial charge in [-0.2, -0.15) is 0 Å². The topological polar surface area (TPSA) is 50.4 Å². The molecule has 0 saturated carbocycles. The molecule has 1 saturated heterocycles. The summed E-state index contributed by atoms with van der Waals surface area (Å²) in [6, 6.07) is 7.42. The Kier molecular flexibility index (Phi) is 4.59. The lowest BCUT2D eigenvalue weighted by atomic mass is 10.0. The maximum atomic E-state index is 12.0. The van der Waals surface area contributed by atoms with Crippen molar-refractivity contribution in [3.63, 3.8) is 0 Å². The van der Waals surface area contributed by atoms with E-state index in [1.54, 1.807) is 0 Å². The van der Waals surface area contributed by atoms with Crippen LogP contribution in [0.5, 0.6) is 5.75 Å². The van der Waals surface area contributed by atoms with Gasteiger partial charge in [0, 0.05) is 5.69 Å². The molecule has 1 aliphatic rings. The molecule has 1 amide bonds. The molecule has 4 heteroatoms. The van der Waals surface area contributed by atoms with Crippen LogP contribution in [0.3, 0.4) is 0 Å². The molecule has 4 nitrogen and oxygen atoms in total. The molecule has 2 N–H and O–H groups in total. The molecule has 0 aliphatic carbocycles. The molecule has 1 atom stereocenters. The van der Waals surface area contributed by atoms with Crippen molar-refractivity contribution in [3.8, 4) is 5.75 Å². The minimum Gasteiger partial charge on any atom is -0.494 e. The lowest BCUT2D eigenvalue weighted by Crippen LogP contribution is -2.43. The first-order chi connectivity index (χ1) is 8.79. The quantitative estimate of drug-likeness (QED) is 0.858. The minimum absolute atomic E-state index is 0.0506. The van der Waals surface area contributed by atoms with Crippen LogP contribution >= 0.6 is 0 Å². The number of carbonyl (C=O) groups excluding carboxylic acids is 1. The fourth-order valence-corrected chi connectivity index (χ4v) is 2.11. The average Bonchev–Trinajstić information content (AvgIpc) is 2.42. The number of rotatable bonds is 4. The summed E-state index contributed by atoms with van der Waals surface area (Å²) in [6.45, 7) is 3.53. The summed E-state index contributed by atoms with van der Waals surface area (Å²) in [6.07, 6.45) is 3.20. The predicted molar refractivity (Wildman–Crippen MR) is 71.9 cm³/mol. The van der Waals surface area contributed by atoms with E-state index in [0.29, 0.717) is 6.61 Å². The van der Waals surface area contributed by atoms with Crippen molar-refractivity contribution >= 4 is 11.6 Å². The highest BCUT2D eigenvalue weighted by Gasteiger charge is 2.20. The van der Waals surface area contributed by atoms with Gasteiger partial charge in [-0.3, -0.25) is 4.79 Å². The highest BCUT2D eigenvalue weighted by molar-refractivity contribution is 5.94. The number of piperidine rings is 1. The molecule has 1 aromatic rings. The summed E-state index contributed by atoms with van der Waals surface area (Å²) >= 11 is 0. The van der Waals surface area contributed by atoms with Gasteiger partial charge >= 0.3 is 0 Å². The Hall–Kier alpha value is -1.55. The van der Waals surface area contributed by atoms with E-state index in [9.17, 15) is 4.79 Å². The van der Waals surface area contributed by atoms with Crippen LogP contribution in [0.25, 0.3) is 0 Å². The van der Waals surface area contributed by atoms with Gasteiger partial charge in [-0.15, -0.1) is 0 Å². The molecular weight excluding hydrogens is 228 g/mol. The number of carbonyl (C=O) groups is 1. The molecule has 0 radical (unpaired) electrons. The van der Waals surface area contributed by atoms with Crippen molar-refractivity contribution < 1.29 is 9.53 Å². The zero-order chi connectivity index (χ0) is 12.8. The van der Waals surface area contributed by atoms with E-state index < -0.39 is 0 Å². The molecule has 1 aromatic carbocycles. The molecule has 1 heterocycles. The van der Waals surface area contributed by atoms with E-state index in [-0.39, 0.29) is 11.9 Å². The van der Waals surface area contributed by atoms with Gasteiger partial charge in [-0.1, -0.05) is 6.42 Å². The Morgan fingerprint density at radius 2 is 2.17 bits per heavy atom. The summed E-state index contributed by atoms with van der Waals surface area (Å²) < 4.78 is 5.36. The van der Waals surface area contributed by atoms with Gasteiger partial charge in [-0.25, -0.2) is 0 Å². The third-order valence-corrected chi connectivity index (χ3v) is 3.06. The summed E-state index contributed by atoms with van der Waals surface area (Å²) in [5.41, 5.74) is 0.816. The van der Waals surface area contributed by atoms with Gasteiger partial charge < -0.3 is 15.4 Å². The summed E-state index contributed by atoms with van der Waals surface area (Å²) in [5.74, 6) is 0.880. The largest absolute Gasteiger partial charge is 0.494 e. The average molecular weight is 248 g/mol. The smallest absolute Gasteiger partial charge is 0.241 e. The van der Waals surface area contributed by atoms with Gasteiger partial charge in [0.1, 0.15) is 5.75 Å². The molecule has 0 unspecified atom stereocenters. The third-order valence-electron chi connectivity index (χ3n) is 3.06. The monoisotopic (exact) mass is 248 g/mol. The lowest BCUT2D eigenvalue weighted by molar-refractivity contribution is -0.118. The van der Waals surface area contributed by atoms with Crippen LogP contribution in [-0.2, 0) is 4.79 Å². The first kappa shape index (κ1) is 12.9. The van der Waals surface area contributed by atoms with Gasteiger partial charge in [-0.05, 0) is 50.6 Å². The molecule has 98 valence electrons. The third kappa shape index (κ3) is 3.47. The van der Waals surface area contributed by atoms with Crippen molar-refractivity contribution in [1.82, 2.24) is 5.32 Å². The number of hydrogen-bond acceptors (Lipinski definition) is 3. The van der Waals surface area contributed by atoms with Gasteiger partial charge in [0.25, 0.3) is 0 Å². The van der Waals surface area contributed by atoms with E-state index in [4.69, 9.17) is 4.74 Å². The summed E-state index contributed by atoms with van der Waals surface area (Å²) in [5, 5.41) is 6.16. The molecule has 18 heavy (non-hydrogen) atoms. The number of anilines is 1. The molecule has 1 aliphatic heterocycles. The standard InChI is InChI=1S/C14H20N2O2/c1-2-18-12-8-6-11(7-9-12)16-14(17)13-5-3-4-10-15-13/h6-9,13,15H,2-5,10H2,1H3,(H,16,17)/t13-/m1/s1. The highest BCUT2D eigenvalue weighted by atomic mass is 16.5. The SMILES string of the molecule is CCOc1ccc(NC(=O)[C@H]2CCCCN2)cc1. The maximum Gasteiger partial charge on any atom is 0.241 e. The molecule has 2 rings (SSSR count). The Morgan fingerprint density at radius 1 is 1.39 bits per heavy atom. The Labute approximate surface area is 108 Å². The lowest BCUT2D eigenvalue weighted by Gasteiger charge is -2.22. The zero-order valence-corrected chi connectivity index (χ0v) is 10.7. The number of amides is 1. The minimum atomic E-state index is -0.0506. The van der Waals surface area contributed by atoms with Crippen LogP contribution in [0.1, 0.15) is 26.2 Å². The van der Waals surface area contributed by atoms with Crippen LogP contribution in [0.2, 0.25) is 0 Å². The molecular formula is C14H20N2O2. The molecule has 0 bridgehead atoms. The van der Waals surface area contributed by atoms with Crippen LogP contribution in [0, 0.1) is 0 Å². The molecule has 1 fully saturated rings. The number of hydrogen-bond donors (Lipinski definition) is 2. The van der Waals surface area contributed by atoms with Gasteiger partial charge in [0.2, 0.25) is 5.91 Å². The predicted octanol–water partition coefficient (Wildman–Crippen LogP) is 2.17. The first-order valence-electron chi connectivity index (χ1n) is 6.56. The Balaban J connectivity index is 1.89. The fraction of sp³-hybridized carbons (Fsp3) is 0.500. The maximum absolute atomic E-state index is 12.0. The number of benzene rings is 1. The normalized spacial score (nSPS) is 19.3. The van der Waals surface area contributed by atoms with Crippen LogP contribution in [0.4, 0.5) is 5.69 Å². The van der Waals surface area contributed by atoms with Gasteiger partial charge in [0.05, 0.1) is 12.6 Å². The van der Waals surface area contributed by atoms with E-state index in [2.05, 4.69) is 10.6 Å². The van der Waals surface area contributed by atoms with Crippen LogP contribution < -0.4 is 15.4 Å². The van der Waals surface area contributed by atoms with Crippen molar-refractivity contribution in [2.24, 2.45) is 0 Å². The Bertz CT molecular complexity index is 383. The summed E-state index contributed by atoms with van der Waals surface area (Å²) in [4.78, 5) is 12.0. The van der Waals surface area contributed by atoms with E-state index in [1.807, 2.05) is 31.2 Å². The van der Waals surface area contributed by atoms with Gasteiger partial charge in [0.15, 0.2) is 0 Å². The van der Waals surface area contributed by atoms with Crippen molar-refractivity contribution in [2.45, 2.75) is 32.2 Å². The Morgan fingerprint density at radius 3 is 2.78 bits per heavy atom. The van der Waals surface area contributed by atoms with Crippen LogP contribution in [-0.4, -0.2) is 25.1 Å². The first-order valence-corrected chi connectivity index (χ1v) is 6.56. The van der Waals surface area contributed by atoms with E-state index in [0.717, 1.165) is 37.2 Å². The van der Waals surface area contributed by atoms with Crippen molar-refractivity contribution in [2.75, 3.05) is 18.5 Å². The van der Waals surface area contributed by atoms with Crippen molar-refractivity contribution in [1.29, 1.82) is 0 Å². The fourth-order valence-electron chi connectivity index (χ4n) is 2.11. The van der Waals surface area contributed by atoms with Crippen LogP contribution in [0.15, 0.2) is 24.3 Å². The molecule has 0 spiro atoms. The van der Waals surface area contributed by atoms with E-state index >= 15 is 0 Å². The highest BCUT2D eigenvalue weighted by Crippen LogP contribution is 2.16. The summed E-state index contributed by atoms with van der Waals surface area (Å²) in [7, 11) is 0. The second-order valence-corrected chi connectivity index (χ2v) is 4.45.